The van der Waals surface area contributed by atoms with Gasteiger partial charge in [-0.15, -0.1) is 0 Å². The highest BCUT2D eigenvalue weighted by Crippen LogP contribution is 2.30. The van der Waals surface area contributed by atoms with Crippen molar-refractivity contribution in [3.05, 3.63) is 0 Å². The minimum absolute atomic E-state index is 0.0186. The van der Waals surface area contributed by atoms with E-state index in [1.165, 1.54) is 24.5 Å². The van der Waals surface area contributed by atoms with E-state index in [4.69, 9.17) is 10.2 Å². The molecule has 9 N–H and O–H groups in total. The summed E-state index contributed by atoms with van der Waals surface area (Å²) in [5.74, 6) is -11.6. The van der Waals surface area contributed by atoms with Crippen molar-refractivity contribution in [2.45, 2.75) is 152 Å². The number of nitrogens with zero attached hydrogens (tertiary/aromatic N) is 6. The Morgan fingerprint density at radius 1 is 0.280 bits per heavy atom. The topological polar surface area (TPSA) is 406 Å². The summed E-state index contributed by atoms with van der Waals surface area (Å²) in [6, 6.07) is -3.18. The zero-order valence-corrected chi connectivity index (χ0v) is 42.6. The van der Waals surface area contributed by atoms with Crippen molar-refractivity contribution in [1.82, 2.24) is 29.4 Å². The van der Waals surface area contributed by atoms with Gasteiger partial charge in [-0.05, 0) is 51.4 Å². The molecule has 0 radical (unpaired) electrons. The molecule has 0 aliphatic heterocycles. The van der Waals surface area contributed by atoms with Crippen molar-refractivity contribution < 1.29 is 103 Å². The molecule has 75 heavy (non-hydrogen) atoms. The molecule has 27 nitrogen and oxygen atoms in total. The lowest BCUT2D eigenvalue weighted by Gasteiger charge is -2.43. The molecule has 0 aromatic carbocycles. The fourth-order valence-corrected chi connectivity index (χ4v) is 10.8. The highest BCUT2D eigenvalue weighted by atomic mass is 16.4. The number of carbonyl (C=O) groups excluding carboxylic acids is 3. The van der Waals surface area contributed by atoms with E-state index in [9.17, 15) is 93.3 Å². The number of hydrogen-bond acceptors (Lipinski definition) is 18. The third-order valence-electron chi connectivity index (χ3n) is 13.5. The summed E-state index contributed by atoms with van der Waals surface area (Å²) in [7, 11) is 0. The van der Waals surface area contributed by atoms with E-state index in [0.29, 0.717) is 77.0 Å². The second-order valence-electron chi connectivity index (χ2n) is 19.5. The first-order valence-corrected chi connectivity index (χ1v) is 25.3. The number of rotatable bonds is 36. The maximum Gasteiger partial charge on any atom is 0.317 e. The predicted octanol–water partition coefficient (Wildman–Crippen LogP) is 0.157. The van der Waals surface area contributed by atoms with Crippen molar-refractivity contribution in [1.29, 1.82) is 0 Å². The second-order valence-corrected chi connectivity index (χ2v) is 19.5. The van der Waals surface area contributed by atoms with Crippen LogP contribution >= 0.6 is 0 Å². The Hall–Kier alpha value is -6.00. The minimum atomic E-state index is -1.24. The molecular weight excluding hydrogens is 997 g/mol. The molecule has 3 aliphatic carbocycles. The van der Waals surface area contributed by atoms with Gasteiger partial charge in [-0.2, -0.15) is 0 Å². The summed E-state index contributed by atoms with van der Waals surface area (Å²) in [5, 5.41) is 84.0. The highest BCUT2D eigenvalue weighted by Gasteiger charge is 2.40. The summed E-state index contributed by atoms with van der Waals surface area (Å²) >= 11 is 0. The third-order valence-corrected chi connectivity index (χ3v) is 13.5. The molecule has 3 aliphatic rings. The van der Waals surface area contributed by atoms with Crippen molar-refractivity contribution in [3.63, 3.8) is 0 Å². The van der Waals surface area contributed by atoms with Gasteiger partial charge in [-0.1, -0.05) is 45.4 Å². The molecule has 3 fully saturated rings. The molecular formula is C48H76N6O21. The average Bonchev–Trinajstić information content (AvgIpc) is 3.29. The van der Waals surface area contributed by atoms with E-state index in [0.717, 1.165) is 12.8 Å². The summed E-state index contributed by atoms with van der Waals surface area (Å²) in [6.45, 7) is -3.31. The number of carboxylic acid groups (broad SMARTS) is 9. The van der Waals surface area contributed by atoms with Gasteiger partial charge in [0, 0.05) is 55.5 Å². The van der Waals surface area contributed by atoms with Gasteiger partial charge in [0.05, 0.1) is 78.5 Å². The summed E-state index contributed by atoms with van der Waals surface area (Å²) in [6.07, 6.45) is 8.07. The molecule has 3 saturated carbocycles. The average molecular weight is 1070 g/mol. The minimum Gasteiger partial charge on any atom is -0.480 e. The number of carbonyl (C=O) groups is 12. The molecule has 0 aromatic heterocycles. The normalized spacial score (nSPS) is 20.8. The molecule has 0 aromatic rings. The van der Waals surface area contributed by atoms with Crippen LogP contribution in [0, 0.1) is 0 Å². The Bertz CT molecular complexity index is 1850. The van der Waals surface area contributed by atoms with Gasteiger partial charge in [0.25, 0.3) is 0 Å². The molecule has 27 heteroatoms. The van der Waals surface area contributed by atoms with Crippen LogP contribution in [0.1, 0.15) is 116 Å². The van der Waals surface area contributed by atoms with Crippen LogP contribution in [-0.2, 0) is 57.5 Å². The molecule has 0 bridgehead atoms. The van der Waals surface area contributed by atoms with Crippen LogP contribution in [0.25, 0.3) is 0 Å². The molecule has 0 heterocycles. The van der Waals surface area contributed by atoms with Gasteiger partial charge in [0.1, 0.15) is 17.3 Å². The number of Topliss-reactive ketones (excluding diaryl/α,β-unsaturated/α-hetero) is 3. The lowest BCUT2D eigenvalue weighted by atomic mass is 9.87. The predicted molar refractivity (Wildman–Crippen MR) is 260 cm³/mol. The maximum absolute atomic E-state index is 13.1. The number of ketones is 3. The van der Waals surface area contributed by atoms with Gasteiger partial charge in [0.2, 0.25) is 0 Å². The molecule has 6 atom stereocenters. The van der Waals surface area contributed by atoms with Gasteiger partial charge in [-0.3, -0.25) is 86.9 Å². The molecule has 0 spiro atoms. The lowest BCUT2D eigenvalue weighted by molar-refractivity contribution is -0.147. The second kappa shape index (κ2) is 33.8. The van der Waals surface area contributed by atoms with Crippen molar-refractivity contribution in [2.75, 3.05) is 78.5 Å². The van der Waals surface area contributed by atoms with Crippen LogP contribution in [0.4, 0.5) is 0 Å². The SMILES string of the molecule is CCCC(=O)CN(CC(=O)O)C1CCCCC1N(CC(=O)O)CC(=O)O.O=C(O)CN(CC(=O)O)C1CCCCC1N(CC(=O)O)CC(=O)CCCC(=O)CN(CC(=O)O)C1CCCCC1N(CC(=O)O)CC(=O)O. The van der Waals surface area contributed by atoms with Crippen LogP contribution in [0.3, 0.4) is 0 Å². The van der Waals surface area contributed by atoms with Crippen LogP contribution in [0.5, 0.6) is 0 Å². The summed E-state index contributed by atoms with van der Waals surface area (Å²) in [4.78, 5) is 149. The molecule has 0 amide bonds. The first-order valence-electron chi connectivity index (χ1n) is 25.3. The van der Waals surface area contributed by atoms with Gasteiger partial charge >= 0.3 is 53.7 Å². The first kappa shape index (κ1) is 65.1. The van der Waals surface area contributed by atoms with Crippen LogP contribution in [0.2, 0.25) is 0 Å². The van der Waals surface area contributed by atoms with E-state index in [1.807, 2.05) is 6.92 Å². The highest BCUT2D eigenvalue weighted by molar-refractivity contribution is 5.84. The standard InChI is InChI=1S/C31H48N4O14.C17H28N2O7/c36-20(12-32(14-26(38)39)22-8-1-3-10-24(22)34(16-28(42)43)17-29(44)45)6-5-7-21(37)13-33(15-27(40)41)23-9-2-4-11-25(23)35(18-30(46)47)19-31(48)49;1-2-5-12(20)8-18(9-15(21)22)13-6-3-4-7-14(13)19(10-16(23)24)11-17(25)26/h22-25H,1-19H2,(H,38,39)(H,40,41)(H,42,43)(H,44,45)(H,46,47)(H,48,49);13-14H,2-11H2,1H3,(H,21,22)(H,23,24)(H,25,26). The Balaban J connectivity index is 0.000000622. The van der Waals surface area contributed by atoms with Gasteiger partial charge in [-0.25, -0.2) is 0 Å². The molecule has 6 unspecified atom stereocenters. The van der Waals surface area contributed by atoms with E-state index in [-0.39, 0.29) is 68.8 Å². The van der Waals surface area contributed by atoms with Crippen molar-refractivity contribution >= 4 is 71.1 Å². The summed E-state index contributed by atoms with van der Waals surface area (Å²) < 4.78 is 0. The number of hydrogen-bond donors (Lipinski definition) is 9. The largest absolute Gasteiger partial charge is 0.480 e. The van der Waals surface area contributed by atoms with E-state index in [2.05, 4.69) is 0 Å². The zero-order valence-electron chi connectivity index (χ0n) is 42.6. The monoisotopic (exact) mass is 1070 g/mol. The fraction of sp³-hybridized carbons (Fsp3) is 0.750. The van der Waals surface area contributed by atoms with E-state index < -0.39 is 136 Å². The molecule has 424 valence electrons. The zero-order chi connectivity index (χ0) is 56.4. The fourth-order valence-electron chi connectivity index (χ4n) is 10.8. The Labute approximate surface area is 434 Å². The Morgan fingerprint density at radius 2 is 0.440 bits per heavy atom. The maximum atomic E-state index is 13.1. The first-order chi connectivity index (χ1) is 35.3. The van der Waals surface area contributed by atoms with Crippen LogP contribution in [0.15, 0.2) is 0 Å². The van der Waals surface area contributed by atoms with Crippen LogP contribution in [-0.4, -0.2) is 261 Å². The van der Waals surface area contributed by atoms with Gasteiger partial charge < -0.3 is 46.0 Å². The Kier molecular flexibility index (Phi) is 29.4. The number of aliphatic carboxylic acids is 9. The third kappa shape index (κ3) is 25.4. The van der Waals surface area contributed by atoms with Gasteiger partial charge in [0.15, 0.2) is 0 Å². The molecule has 0 saturated heterocycles. The van der Waals surface area contributed by atoms with E-state index in [1.54, 1.807) is 4.90 Å². The number of carboxylic acids is 9. The van der Waals surface area contributed by atoms with E-state index >= 15 is 0 Å². The summed E-state index contributed by atoms with van der Waals surface area (Å²) in [5.41, 5.74) is 0. The quantitative estimate of drug-likeness (QED) is 0.0403. The lowest BCUT2D eigenvalue weighted by Crippen LogP contribution is -2.57. The Morgan fingerprint density at radius 3 is 0.600 bits per heavy atom. The smallest absolute Gasteiger partial charge is 0.317 e. The van der Waals surface area contributed by atoms with Crippen molar-refractivity contribution in [2.24, 2.45) is 0 Å². The molecule has 3 rings (SSSR count). The van der Waals surface area contributed by atoms with Crippen molar-refractivity contribution in [3.8, 4) is 0 Å². The van der Waals surface area contributed by atoms with Crippen LogP contribution < -0.4 is 0 Å².